The number of sulfonamides is 1. The third-order valence-electron chi connectivity index (χ3n) is 4.41. The Morgan fingerprint density at radius 3 is 2.14 bits per heavy atom. The SMILES string of the molecule is CCN(CC)S(=O)(=O)c1cccc(C(=O)O[C@H](C(=O)N(C)C)c2ccccc2)c1. The number of nitrogens with zero attached hydrogens (tertiary/aromatic N) is 2. The second-order valence-electron chi connectivity index (χ2n) is 6.55. The van der Waals surface area contributed by atoms with E-state index < -0.39 is 28.0 Å². The first-order valence-corrected chi connectivity index (χ1v) is 10.7. The van der Waals surface area contributed by atoms with Crippen LogP contribution in [-0.4, -0.2) is 56.7 Å². The van der Waals surface area contributed by atoms with E-state index in [0.717, 1.165) is 0 Å². The van der Waals surface area contributed by atoms with E-state index in [2.05, 4.69) is 0 Å². The summed E-state index contributed by atoms with van der Waals surface area (Å²) in [5, 5.41) is 0. The lowest BCUT2D eigenvalue weighted by atomic mass is 10.1. The molecule has 1 amide bonds. The summed E-state index contributed by atoms with van der Waals surface area (Å²) >= 11 is 0. The van der Waals surface area contributed by atoms with E-state index >= 15 is 0 Å². The summed E-state index contributed by atoms with van der Waals surface area (Å²) in [6.07, 6.45) is -1.12. The van der Waals surface area contributed by atoms with Crippen LogP contribution in [-0.2, 0) is 19.6 Å². The fraction of sp³-hybridized carbons (Fsp3) is 0.333. The molecule has 0 aliphatic heterocycles. The molecule has 0 spiro atoms. The minimum atomic E-state index is -3.72. The molecule has 2 rings (SSSR count). The molecule has 2 aromatic rings. The van der Waals surface area contributed by atoms with Gasteiger partial charge in [-0.3, -0.25) is 4.79 Å². The number of carbonyl (C=O) groups excluding carboxylic acids is 2. The van der Waals surface area contributed by atoms with E-state index in [-0.39, 0.29) is 10.5 Å². The Balaban J connectivity index is 2.35. The highest BCUT2D eigenvalue weighted by Gasteiger charge is 2.28. The fourth-order valence-electron chi connectivity index (χ4n) is 2.79. The molecule has 0 aliphatic carbocycles. The number of benzene rings is 2. The maximum atomic E-state index is 12.7. The van der Waals surface area contributed by atoms with Crippen LogP contribution in [0.25, 0.3) is 0 Å². The molecule has 0 saturated carbocycles. The number of esters is 1. The largest absolute Gasteiger partial charge is 0.444 e. The minimum absolute atomic E-state index is 0.00541. The van der Waals surface area contributed by atoms with Gasteiger partial charge in [-0.2, -0.15) is 4.31 Å². The molecule has 0 saturated heterocycles. The van der Waals surface area contributed by atoms with E-state index in [0.29, 0.717) is 18.7 Å². The van der Waals surface area contributed by atoms with Crippen molar-refractivity contribution in [3.8, 4) is 0 Å². The van der Waals surface area contributed by atoms with Gasteiger partial charge in [0.15, 0.2) is 0 Å². The van der Waals surface area contributed by atoms with Gasteiger partial charge in [0.2, 0.25) is 16.1 Å². The Morgan fingerprint density at radius 1 is 0.966 bits per heavy atom. The van der Waals surface area contributed by atoms with Crippen LogP contribution in [0.15, 0.2) is 59.5 Å². The summed E-state index contributed by atoms with van der Waals surface area (Å²) in [6.45, 7) is 4.13. The fourth-order valence-corrected chi connectivity index (χ4v) is 4.30. The summed E-state index contributed by atoms with van der Waals surface area (Å²) in [5.41, 5.74) is 0.595. The van der Waals surface area contributed by atoms with Gasteiger partial charge in [0.05, 0.1) is 10.5 Å². The summed E-state index contributed by atoms with van der Waals surface area (Å²) in [4.78, 5) is 26.6. The zero-order valence-electron chi connectivity index (χ0n) is 17.0. The summed E-state index contributed by atoms with van der Waals surface area (Å²) in [5.74, 6) is -1.16. The Hall–Kier alpha value is -2.71. The molecule has 0 aliphatic rings. The zero-order chi connectivity index (χ0) is 21.6. The molecule has 0 heterocycles. The molecule has 7 nitrogen and oxygen atoms in total. The average molecular weight is 419 g/mol. The number of hydrogen-bond donors (Lipinski definition) is 0. The maximum absolute atomic E-state index is 12.7. The summed E-state index contributed by atoms with van der Waals surface area (Å²) < 4.78 is 32.2. The average Bonchev–Trinajstić information content (AvgIpc) is 2.72. The Labute approximate surface area is 171 Å². The van der Waals surface area contributed by atoms with Crippen LogP contribution in [0.4, 0.5) is 0 Å². The highest BCUT2D eigenvalue weighted by Crippen LogP contribution is 2.23. The number of amides is 1. The highest BCUT2D eigenvalue weighted by atomic mass is 32.2. The predicted octanol–water partition coefficient (Wildman–Crippen LogP) is 2.70. The quantitative estimate of drug-likeness (QED) is 0.616. The smallest absolute Gasteiger partial charge is 0.339 e. The first-order valence-electron chi connectivity index (χ1n) is 9.29. The minimum Gasteiger partial charge on any atom is -0.444 e. The second kappa shape index (κ2) is 9.67. The van der Waals surface area contributed by atoms with Gasteiger partial charge in [0, 0.05) is 32.7 Å². The van der Waals surface area contributed by atoms with Gasteiger partial charge in [0.25, 0.3) is 5.91 Å². The van der Waals surface area contributed by atoms with Crippen molar-refractivity contribution in [3.05, 3.63) is 65.7 Å². The van der Waals surface area contributed by atoms with Crippen molar-refractivity contribution in [2.24, 2.45) is 0 Å². The van der Waals surface area contributed by atoms with Crippen molar-refractivity contribution in [3.63, 3.8) is 0 Å². The first-order chi connectivity index (χ1) is 13.7. The monoisotopic (exact) mass is 418 g/mol. The second-order valence-corrected chi connectivity index (χ2v) is 8.48. The van der Waals surface area contributed by atoms with Gasteiger partial charge in [0.1, 0.15) is 0 Å². The van der Waals surface area contributed by atoms with Crippen molar-refractivity contribution in [1.29, 1.82) is 0 Å². The number of ether oxygens (including phenoxy) is 1. The van der Waals surface area contributed by atoms with Gasteiger partial charge >= 0.3 is 5.97 Å². The number of carbonyl (C=O) groups is 2. The molecule has 0 radical (unpaired) electrons. The van der Waals surface area contributed by atoms with Crippen molar-refractivity contribution < 1.29 is 22.7 Å². The lowest BCUT2D eigenvalue weighted by Gasteiger charge is -2.21. The third kappa shape index (κ3) is 5.21. The van der Waals surface area contributed by atoms with Gasteiger partial charge in [-0.15, -0.1) is 0 Å². The van der Waals surface area contributed by atoms with Crippen LogP contribution in [0.5, 0.6) is 0 Å². The number of hydrogen-bond acceptors (Lipinski definition) is 5. The van der Waals surface area contributed by atoms with E-state index in [1.165, 1.54) is 33.5 Å². The van der Waals surface area contributed by atoms with Gasteiger partial charge in [-0.1, -0.05) is 50.2 Å². The maximum Gasteiger partial charge on any atom is 0.339 e. The third-order valence-corrected chi connectivity index (χ3v) is 6.45. The van der Waals surface area contributed by atoms with Crippen LogP contribution in [0, 0.1) is 0 Å². The van der Waals surface area contributed by atoms with E-state index in [4.69, 9.17) is 4.74 Å². The van der Waals surface area contributed by atoms with Gasteiger partial charge in [-0.25, -0.2) is 13.2 Å². The Kier molecular flexibility index (Phi) is 7.53. The van der Waals surface area contributed by atoms with Gasteiger partial charge in [-0.05, 0) is 18.2 Å². The van der Waals surface area contributed by atoms with E-state index in [1.54, 1.807) is 58.3 Å². The molecule has 8 heteroatoms. The van der Waals surface area contributed by atoms with Crippen molar-refractivity contribution in [2.75, 3.05) is 27.2 Å². The first kappa shape index (κ1) is 22.6. The molecule has 0 fully saturated rings. The molecular formula is C21H26N2O5S. The molecule has 2 aromatic carbocycles. The Morgan fingerprint density at radius 2 is 1.59 bits per heavy atom. The zero-order valence-corrected chi connectivity index (χ0v) is 17.8. The van der Waals surface area contributed by atoms with Crippen LogP contribution in [0.2, 0.25) is 0 Å². The van der Waals surface area contributed by atoms with Crippen LogP contribution >= 0.6 is 0 Å². The molecule has 0 aromatic heterocycles. The van der Waals surface area contributed by atoms with Crippen LogP contribution in [0.3, 0.4) is 0 Å². The molecule has 0 unspecified atom stereocenters. The van der Waals surface area contributed by atoms with Crippen LogP contribution < -0.4 is 0 Å². The van der Waals surface area contributed by atoms with Crippen molar-refractivity contribution in [2.45, 2.75) is 24.8 Å². The molecule has 1 atom stereocenters. The molecule has 0 bridgehead atoms. The standard InChI is InChI=1S/C21H26N2O5S/c1-5-23(6-2)29(26,27)18-14-10-13-17(15-18)21(25)28-19(20(24)22(3)4)16-11-8-7-9-12-16/h7-15,19H,5-6H2,1-4H3/t19-/m0/s1. The number of likely N-dealkylation sites (N-methyl/N-ethyl adjacent to an activating group) is 1. The van der Waals surface area contributed by atoms with E-state index in [1.807, 2.05) is 0 Å². The molecular weight excluding hydrogens is 392 g/mol. The molecule has 156 valence electrons. The Bertz CT molecular complexity index is 954. The van der Waals surface area contributed by atoms with Crippen LogP contribution in [0.1, 0.15) is 35.9 Å². The van der Waals surface area contributed by atoms with E-state index in [9.17, 15) is 18.0 Å². The normalized spacial score (nSPS) is 12.4. The summed E-state index contributed by atoms with van der Waals surface area (Å²) in [7, 11) is -0.572. The van der Waals surface area contributed by atoms with Gasteiger partial charge < -0.3 is 9.64 Å². The lowest BCUT2D eigenvalue weighted by Crippen LogP contribution is -2.31. The summed E-state index contributed by atoms with van der Waals surface area (Å²) in [6, 6.07) is 14.3. The number of rotatable bonds is 8. The topological polar surface area (TPSA) is 84.0 Å². The highest BCUT2D eigenvalue weighted by molar-refractivity contribution is 7.89. The van der Waals surface area contributed by atoms with Crippen molar-refractivity contribution >= 4 is 21.9 Å². The lowest BCUT2D eigenvalue weighted by molar-refractivity contribution is -0.138. The molecule has 29 heavy (non-hydrogen) atoms. The predicted molar refractivity (Wildman–Crippen MR) is 110 cm³/mol. The molecule has 0 N–H and O–H groups in total. The van der Waals surface area contributed by atoms with Crippen molar-refractivity contribution in [1.82, 2.24) is 9.21 Å².